The lowest BCUT2D eigenvalue weighted by molar-refractivity contribution is 0.122. The summed E-state index contributed by atoms with van der Waals surface area (Å²) in [6.45, 7) is 4.80. The Kier molecular flexibility index (Phi) is 5.38. The number of ether oxygens (including phenoxy) is 1. The Labute approximate surface area is 162 Å². The van der Waals surface area contributed by atoms with Crippen LogP contribution in [0.15, 0.2) is 51.5 Å². The fraction of sp³-hybridized carbons (Fsp3) is 0.368. The standard InChI is InChI=1S/C19H22N4O3S/c1-21(14-23-19(27)26-18(20-23)17-3-2-10-25-17)13-15-4-6-16(7-5-15)22-8-11-24-12-9-22/h2-7,10H,8-9,11-14H2,1H3. The van der Waals surface area contributed by atoms with Crippen molar-refractivity contribution < 1.29 is 13.6 Å². The highest BCUT2D eigenvalue weighted by atomic mass is 32.1. The Hall–Kier alpha value is -2.42. The van der Waals surface area contributed by atoms with Crippen molar-refractivity contribution in [2.75, 3.05) is 38.3 Å². The summed E-state index contributed by atoms with van der Waals surface area (Å²) in [6, 6.07) is 12.3. The van der Waals surface area contributed by atoms with Gasteiger partial charge in [0.2, 0.25) is 0 Å². The minimum absolute atomic E-state index is 0.330. The lowest BCUT2D eigenvalue weighted by Crippen LogP contribution is -2.36. The van der Waals surface area contributed by atoms with Crippen LogP contribution in [0.3, 0.4) is 0 Å². The number of morpholine rings is 1. The number of hydrogen-bond donors (Lipinski definition) is 0. The minimum atomic E-state index is 0.330. The molecule has 7 nitrogen and oxygen atoms in total. The molecule has 0 atom stereocenters. The maximum atomic E-state index is 5.52. The predicted octanol–water partition coefficient (Wildman–Crippen LogP) is 3.39. The molecule has 142 valence electrons. The molecule has 8 heteroatoms. The van der Waals surface area contributed by atoms with E-state index in [0.29, 0.717) is 23.2 Å². The quantitative estimate of drug-likeness (QED) is 0.602. The molecule has 4 rings (SSSR count). The second-order valence-electron chi connectivity index (χ2n) is 6.57. The van der Waals surface area contributed by atoms with E-state index >= 15 is 0 Å². The number of nitrogens with zero attached hydrogens (tertiary/aromatic N) is 4. The van der Waals surface area contributed by atoms with Gasteiger partial charge in [0.15, 0.2) is 5.76 Å². The van der Waals surface area contributed by atoms with Gasteiger partial charge < -0.3 is 18.5 Å². The maximum absolute atomic E-state index is 5.52. The number of benzene rings is 1. The van der Waals surface area contributed by atoms with E-state index in [1.165, 1.54) is 11.3 Å². The number of anilines is 1. The fourth-order valence-electron chi connectivity index (χ4n) is 3.12. The zero-order chi connectivity index (χ0) is 18.6. The molecule has 1 saturated heterocycles. The van der Waals surface area contributed by atoms with Crippen molar-refractivity contribution >= 4 is 17.9 Å². The molecule has 27 heavy (non-hydrogen) atoms. The molecule has 1 aliphatic heterocycles. The molecular formula is C19H22N4O3S. The van der Waals surface area contributed by atoms with Gasteiger partial charge in [0.1, 0.15) is 0 Å². The van der Waals surface area contributed by atoms with Gasteiger partial charge in [-0.2, -0.15) is 0 Å². The van der Waals surface area contributed by atoms with Gasteiger partial charge in [-0.15, -0.1) is 5.10 Å². The molecule has 0 unspecified atom stereocenters. The van der Waals surface area contributed by atoms with Crippen molar-refractivity contribution in [2.45, 2.75) is 13.2 Å². The van der Waals surface area contributed by atoms with Crippen molar-refractivity contribution in [1.82, 2.24) is 14.7 Å². The van der Waals surface area contributed by atoms with E-state index < -0.39 is 0 Å². The third-order valence-corrected chi connectivity index (χ3v) is 4.77. The third kappa shape index (κ3) is 4.29. The molecule has 1 aromatic carbocycles. The molecule has 0 bridgehead atoms. The average molecular weight is 386 g/mol. The summed E-state index contributed by atoms with van der Waals surface area (Å²) in [5, 5.41) is 4.40. The molecule has 0 radical (unpaired) electrons. The fourth-order valence-corrected chi connectivity index (χ4v) is 3.30. The summed E-state index contributed by atoms with van der Waals surface area (Å²) >= 11 is 5.27. The van der Waals surface area contributed by atoms with Gasteiger partial charge in [-0.05, 0) is 49.1 Å². The first-order chi connectivity index (χ1) is 13.2. The molecule has 1 fully saturated rings. The van der Waals surface area contributed by atoms with Crippen molar-refractivity contribution in [1.29, 1.82) is 0 Å². The molecular weight excluding hydrogens is 364 g/mol. The van der Waals surface area contributed by atoms with Gasteiger partial charge >= 0.3 is 0 Å². The molecule has 0 aliphatic carbocycles. The van der Waals surface area contributed by atoms with E-state index in [9.17, 15) is 0 Å². The molecule has 0 N–H and O–H groups in total. The zero-order valence-electron chi connectivity index (χ0n) is 15.2. The summed E-state index contributed by atoms with van der Waals surface area (Å²) < 4.78 is 17.9. The number of furan rings is 1. The van der Waals surface area contributed by atoms with Crippen molar-refractivity contribution in [2.24, 2.45) is 0 Å². The second-order valence-corrected chi connectivity index (χ2v) is 6.92. The van der Waals surface area contributed by atoms with Gasteiger partial charge in [-0.25, -0.2) is 4.68 Å². The Morgan fingerprint density at radius 1 is 1.15 bits per heavy atom. The van der Waals surface area contributed by atoms with Crippen molar-refractivity contribution in [3.05, 3.63) is 53.1 Å². The highest BCUT2D eigenvalue weighted by Gasteiger charge is 2.13. The summed E-state index contributed by atoms with van der Waals surface area (Å²) in [5.74, 6) is 0.967. The van der Waals surface area contributed by atoms with E-state index in [2.05, 4.69) is 39.2 Å². The van der Waals surface area contributed by atoms with Gasteiger partial charge in [0, 0.05) is 25.3 Å². The van der Waals surface area contributed by atoms with E-state index in [-0.39, 0.29) is 0 Å². The lowest BCUT2D eigenvalue weighted by Gasteiger charge is -2.29. The third-order valence-electron chi connectivity index (χ3n) is 4.48. The molecule has 1 aliphatic rings. The monoisotopic (exact) mass is 386 g/mol. The molecule has 3 aromatic rings. The number of aromatic nitrogens is 2. The first kappa shape index (κ1) is 18.0. The minimum Gasteiger partial charge on any atom is -0.459 e. The van der Waals surface area contributed by atoms with E-state index in [1.807, 2.05) is 7.05 Å². The summed E-state index contributed by atoms with van der Waals surface area (Å²) in [5.41, 5.74) is 2.47. The summed E-state index contributed by atoms with van der Waals surface area (Å²) in [6.07, 6.45) is 1.58. The lowest BCUT2D eigenvalue weighted by atomic mass is 10.2. The Morgan fingerprint density at radius 3 is 2.63 bits per heavy atom. The van der Waals surface area contributed by atoms with Crippen LogP contribution in [0.2, 0.25) is 0 Å². The smallest absolute Gasteiger partial charge is 0.288 e. The van der Waals surface area contributed by atoms with Gasteiger partial charge in [0.25, 0.3) is 10.7 Å². The van der Waals surface area contributed by atoms with E-state index in [4.69, 9.17) is 25.8 Å². The first-order valence-corrected chi connectivity index (χ1v) is 9.32. The average Bonchev–Trinajstić information content (AvgIpc) is 3.33. The predicted molar refractivity (Wildman–Crippen MR) is 104 cm³/mol. The van der Waals surface area contributed by atoms with Gasteiger partial charge in [-0.3, -0.25) is 4.90 Å². The number of hydrogen-bond acceptors (Lipinski definition) is 7. The van der Waals surface area contributed by atoms with Gasteiger partial charge in [0.05, 0.1) is 26.1 Å². The zero-order valence-corrected chi connectivity index (χ0v) is 16.0. The topological polar surface area (TPSA) is 59.8 Å². The second kappa shape index (κ2) is 8.08. The molecule has 2 aromatic heterocycles. The van der Waals surface area contributed by atoms with E-state index in [0.717, 1.165) is 32.8 Å². The highest BCUT2D eigenvalue weighted by molar-refractivity contribution is 7.71. The SMILES string of the molecule is CN(Cc1ccc(N2CCOCC2)cc1)Cn1nc(-c2ccco2)oc1=S. The van der Waals surface area contributed by atoms with Crippen LogP contribution in [0, 0.1) is 4.84 Å². The molecule has 0 spiro atoms. The van der Waals surface area contributed by atoms with Crippen molar-refractivity contribution in [3.63, 3.8) is 0 Å². The van der Waals surface area contributed by atoms with Crippen LogP contribution in [0.5, 0.6) is 0 Å². The van der Waals surface area contributed by atoms with Crippen LogP contribution < -0.4 is 4.90 Å². The highest BCUT2D eigenvalue weighted by Crippen LogP contribution is 2.19. The van der Waals surface area contributed by atoms with Crippen LogP contribution in [-0.2, 0) is 18.0 Å². The number of rotatable bonds is 6. The first-order valence-electron chi connectivity index (χ1n) is 8.91. The van der Waals surface area contributed by atoms with Crippen LogP contribution in [0.1, 0.15) is 5.56 Å². The van der Waals surface area contributed by atoms with Crippen LogP contribution in [0.25, 0.3) is 11.7 Å². The Morgan fingerprint density at radius 2 is 1.93 bits per heavy atom. The van der Waals surface area contributed by atoms with Gasteiger partial charge in [-0.1, -0.05) is 12.1 Å². The van der Waals surface area contributed by atoms with Crippen LogP contribution >= 0.6 is 12.2 Å². The summed E-state index contributed by atoms with van der Waals surface area (Å²) in [4.78, 5) is 4.81. The summed E-state index contributed by atoms with van der Waals surface area (Å²) in [7, 11) is 2.03. The normalized spacial score (nSPS) is 14.8. The molecule has 0 saturated carbocycles. The maximum Gasteiger partial charge on any atom is 0.288 e. The molecule has 3 heterocycles. The van der Waals surface area contributed by atoms with E-state index in [1.54, 1.807) is 23.1 Å². The van der Waals surface area contributed by atoms with Crippen molar-refractivity contribution in [3.8, 4) is 11.7 Å². The molecule has 0 amide bonds. The van der Waals surface area contributed by atoms with Crippen LogP contribution in [0.4, 0.5) is 5.69 Å². The Balaban J connectivity index is 1.38. The van der Waals surface area contributed by atoms with Crippen LogP contribution in [-0.4, -0.2) is 48.0 Å². The Bertz CT molecular complexity index is 911. The largest absolute Gasteiger partial charge is 0.459 e.